The van der Waals surface area contributed by atoms with Crippen LogP contribution in [-0.2, 0) is 24.5 Å². The maximum atomic E-state index is 13.3. The molecule has 110 valence electrons. The molecular weight excluding hydrogens is 267 g/mol. The highest BCUT2D eigenvalue weighted by atomic mass is 19.1. The fraction of sp³-hybridized carbons (Fsp3) is 0.429. The SMILES string of the molecule is CCOCC(C(=O)O)(C(=O)OCC)c1cccc(F)c1. The second kappa shape index (κ2) is 7.00. The second-order valence-electron chi connectivity index (χ2n) is 4.08. The molecule has 0 aromatic heterocycles. The van der Waals surface area contributed by atoms with Crippen molar-refractivity contribution in [3.63, 3.8) is 0 Å². The summed E-state index contributed by atoms with van der Waals surface area (Å²) in [6.45, 7) is 3.07. The lowest BCUT2D eigenvalue weighted by atomic mass is 9.81. The molecule has 0 bridgehead atoms. The summed E-state index contributed by atoms with van der Waals surface area (Å²) < 4.78 is 23.3. The average Bonchev–Trinajstić information content (AvgIpc) is 2.39. The van der Waals surface area contributed by atoms with Crippen molar-refractivity contribution in [1.29, 1.82) is 0 Å². The second-order valence-corrected chi connectivity index (χ2v) is 4.08. The Morgan fingerprint density at radius 3 is 2.50 bits per heavy atom. The van der Waals surface area contributed by atoms with Crippen LogP contribution in [0.5, 0.6) is 0 Å². The molecular formula is C14H17FO5. The molecule has 0 aliphatic heterocycles. The first-order valence-corrected chi connectivity index (χ1v) is 6.23. The van der Waals surface area contributed by atoms with E-state index in [1.54, 1.807) is 13.8 Å². The Balaban J connectivity index is 3.36. The molecule has 0 fully saturated rings. The number of hydrogen-bond donors (Lipinski definition) is 1. The maximum absolute atomic E-state index is 13.3. The van der Waals surface area contributed by atoms with E-state index < -0.39 is 29.8 Å². The minimum atomic E-state index is -2.06. The number of benzene rings is 1. The number of carbonyl (C=O) groups excluding carboxylic acids is 1. The molecule has 0 heterocycles. The van der Waals surface area contributed by atoms with Crippen molar-refractivity contribution < 1.29 is 28.6 Å². The minimum Gasteiger partial charge on any atom is -0.480 e. The monoisotopic (exact) mass is 284 g/mol. The minimum absolute atomic E-state index is 0.00287. The van der Waals surface area contributed by atoms with Crippen molar-refractivity contribution in [2.24, 2.45) is 0 Å². The van der Waals surface area contributed by atoms with E-state index in [1.807, 2.05) is 0 Å². The number of carboxylic acid groups (broad SMARTS) is 1. The van der Waals surface area contributed by atoms with Crippen LogP contribution in [0.4, 0.5) is 4.39 Å². The van der Waals surface area contributed by atoms with Crippen LogP contribution in [-0.4, -0.2) is 36.9 Å². The number of hydrogen-bond acceptors (Lipinski definition) is 4. The van der Waals surface area contributed by atoms with Gasteiger partial charge in [0.15, 0.2) is 0 Å². The molecule has 0 aliphatic carbocycles. The highest BCUT2D eigenvalue weighted by Crippen LogP contribution is 2.28. The van der Waals surface area contributed by atoms with E-state index in [1.165, 1.54) is 18.2 Å². The van der Waals surface area contributed by atoms with Crippen LogP contribution in [0, 0.1) is 5.82 Å². The molecule has 0 aliphatic rings. The van der Waals surface area contributed by atoms with Gasteiger partial charge in [-0.3, -0.25) is 9.59 Å². The van der Waals surface area contributed by atoms with Crippen LogP contribution in [0.3, 0.4) is 0 Å². The number of esters is 1. The maximum Gasteiger partial charge on any atom is 0.330 e. The van der Waals surface area contributed by atoms with E-state index in [9.17, 15) is 19.1 Å². The van der Waals surface area contributed by atoms with Crippen molar-refractivity contribution in [1.82, 2.24) is 0 Å². The van der Waals surface area contributed by atoms with Gasteiger partial charge in [-0.05, 0) is 31.5 Å². The average molecular weight is 284 g/mol. The van der Waals surface area contributed by atoms with Gasteiger partial charge in [0, 0.05) is 6.61 Å². The number of carbonyl (C=O) groups is 2. The number of rotatable bonds is 7. The quantitative estimate of drug-likeness (QED) is 0.610. The fourth-order valence-corrected chi connectivity index (χ4v) is 1.80. The number of aliphatic carboxylic acids is 1. The zero-order chi connectivity index (χ0) is 15.2. The normalized spacial score (nSPS) is 13.6. The summed E-state index contributed by atoms with van der Waals surface area (Å²) >= 11 is 0. The Hall–Kier alpha value is -1.95. The molecule has 0 spiro atoms. The Morgan fingerprint density at radius 1 is 1.30 bits per heavy atom. The van der Waals surface area contributed by atoms with E-state index in [4.69, 9.17) is 9.47 Å². The summed E-state index contributed by atoms with van der Waals surface area (Å²) in [6, 6.07) is 4.88. The van der Waals surface area contributed by atoms with Crippen LogP contribution in [0.2, 0.25) is 0 Å². The molecule has 20 heavy (non-hydrogen) atoms. The zero-order valence-corrected chi connectivity index (χ0v) is 11.4. The molecule has 1 rings (SSSR count). The fourth-order valence-electron chi connectivity index (χ4n) is 1.80. The van der Waals surface area contributed by atoms with Crippen LogP contribution in [0.15, 0.2) is 24.3 Å². The third kappa shape index (κ3) is 3.14. The first-order valence-electron chi connectivity index (χ1n) is 6.23. The van der Waals surface area contributed by atoms with E-state index in [-0.39, 0.29) is 18.8 Å². The predicted octanol–water partition coefficient (Wildman–Crippen LogP) is 1.75. The first-order chi connectivity index (χ1) is 9.48. The van der Waals surface area contributed by atoms with E-state index in [2.05, 4.69) is 0 Å². The smallest absolute Gasteiger partial charge is 0.330 e. The third-order valence-electron chi connectivity index (χ3n) is 2.83. The summed E-state index contributed by atoms with van der Waals surface area (Å²) in [7, 11) is 0. The lowest BCUT2D eigenvalue weighted by molar-refractivity contribution is -0.165. The van der Waals surface area contributed by atoms with Crippen molar-refractivity contribution >= 4 is 11.9 Å². The van der Waals surface area contributed by atoms with Gasteiger partial charge in [0.2, 0.25) is 5.41 Å². The van der Waals surface area contributed by atoms with E-state index in [0.29, 0.717) is 0 Å². The van der Waals surface area contributed by atoms with Crippen LogP contribution in [0.1, 0.15) is 19.4 Å². The summed E-state index contributed by atoms with van der Waals surface area (Å²) in [5, 5.41) is 9.49. The molecule has 6 heteroatoms. The van der Waals surface area contributed by atoms with E-state index >= 15 is 0 Å². The third-order valence-corrected chi connectivity index (χ3v) is 2.83. The van der Waals surface area contributed by atoms with Gasteiger partial charge in [-0.15, -0.1) is 0 Å². The van der Waals surface area contributed by atoms with Crippen molar-refractivity contribution in [3.8, 4) is 0 Å². The van der Waals surface area contributed by atoms with Gasteiger partial charge in [0.25, 0.3) is 0 Å². The largest absolute Gasteiger partial charge is 0.480 e. The van der Waals surface area contributed by atoms with Crippen molar-refractivity contribution in [3.05, 3.63) is 35.6 Å². The van der Waals surface area contributed by atoms with Crippen LogP contribution in [0.25, 0.3) is 0 Å². The Kier molecular flexibility index (Phi) is 5.64. The summed E-state index contributed by atoms with van der Waals surface area (Å²) in [4.78, 5) is 23.8. The van der Waals surface area contributed by atoms with Gasteiger partial charge in [-0.25, -0.2) is 4.39 Å². The molecule has 1 aromatic rings. The molecule has 1 unspecified atom stereocenters. The van der Waals surface area contributed by atoms with E-state index in [0.717, 1.165) is 6.07 Å². The molecule has 5 nitrogen and oxygen atoms in total. The standard InChI is InChI=1S/C14H17FO5/c1-3-19-9-14(12(16)17,13(18)20-4-2)10-6-5-7-11(15)8-10/h5-8H,3-4,9H2,1-2H3,(H,16,17). The predicted molar refractivity (Wildman–Crippen MR) is 68.8 cm³/mol. The molecule has 0 saturated carbocycles. The van der Waals surface area contributed by atoms with Gasteiger partial charge < -0.3 is 14.6 Å². The lowest BCUT2D eigenvalue weighted by Gasteiger charge is -2.27. The van der Waals surface area contributed by atoms with Crippen molar-refractivity contribution in [2.45, 2.75) is 19.3 Å². The highest BCUT2D eigenvalue weighted by Gasteiger charge is 2.50. The topological polar surface area (TPSA) is 72.8 Å². The molecule has 0 saturated heterocycles. The molecule has 1 atom stereocenters. The molecule has 0 amide bonds. The Morgan fingerprint density at radius 2 is 2.00 bits per heavy atom. The lowest BCUT2D eigenvalue weighted by Crippen LogP contribution is -2.49. The molecule has 1 N–H and O–H groups in total. The van der Waals surface area contributed by atoms with Crippen molar-refractivity contribution in [2.75, 3.05) is 19.8 Å². The zero-order valence-electron chi connectivity index (χ0n) is 11.4. The number of carboxylic acids is 1. The Bertz CT molecular complexity index is 488. The highest BCUT2D eigenvalue weighted by molar-refractivity contribution is 6.05. The summed E-state index contributed by atoms with van der Waals surface area (Å²) in [5.41, 5.74) is -2.06. The first kappa shape index (κ1) is 16.1. The van der Waals surface area contributed by atoms with Gasteiger partial charge in [-0.2, -0.15) is 0 Å². The van der Waals surface area contributed by atoms with Crippen LogP contribution >= 0.6 is 0 Å². The van der Waals surface area contributed by atoms with Gasteiger partial charge >= 0.3 is 11.9 Å². The van der Waals surface area contributed by atoms with Gasteiger partial charge in [-0.1, -0.05) is 12.1 Å². The molecule has 1 aromatic carbocycles. The number of ether oxygens (including phenoxy) is 2. The summed E-state index contributed by atoms with van der Waals surface area (Å²) in [5.74, 6) is -3.03. The number of halogens is 1. The van der Waals surface area contributed by atoms with Crippen LogP contribution < -0.4 is 0 Å². The Labute approximate surface area is 116 Å². The summed E-state index contributed by atoms with van der Waals surface area (Å²) in [6.07, 6.45) is 0. The van der Waals surface area contributed by atoms with Gasteiger partial charge in [0.05, 0.1) is 13.2 Å². The van der Waals surface area contributed by atoms with Gasteiger partial charge in [0.1, 0.15) is 5.82 Å². The molecule has 0 radical (unpaired) electrons.